The van der Waals surface area contributed by atoms with E-state index in [1.807, 2.05) is 0 Å². The third-order valence-corrected chi connectivity index (χ3v) is 4.68. The summed E-state index contributed by atoms with van der Waals surface area (Å²) in [6.45, 7) is 6.61. The minimum atomic E-state index is -0.116. The van der Waals surface area contributed by atoms with E-state index in [-0.39, 0.29) is 17.4 Å². The number of esters is 1. The van der Waals surface area contributed by atoms with Gasteiger partial charge in [0.1, 0.15) is 0 Å². The van der Waals surface area contributed by atoms with Gasteiger partial charge < -0.3 is 10.5 Å². The maximum absolute atomic E-state index is 11.7. The zero-order valence-corrected chi connectivity index (χ0v) is 11.7. The molecule has 0 saturated heterocycles. The number of methoxy groups -OCH3 is 1. The molecule has 3 heteroatoms. The van der Waals surface area contributed by atoms with Gasteiger partial charge in [0.05, 0.1) is 13.5 Å². The van der Waals surface area contributed by atoms with Crippen LogP contribution in [0.1, 0.15) is 52.9 Å². The predicted octanol–water partition coefficient (Wildman–Crippen LogP) is 2.73. The zero-order valence-electron chi connectivity index (χ0n) is 11.7. The summed E-state index contributed by atoms with van der Waals surface area (Å²) in [5.74, 6) is 1.05. The Hall–Kier alpha value is -0.570. The molecule has 3 nitrogen and oxygen atoms in total. The molecule has 17 heavy (non-hydrogen) atoms. The van der Waals surface area contributed by atoms with Crippen molar-refractivity contribution in [3.05, 3.63) is 0 Å². The third-order valence-electron chi connectivity index (χ3n) is 4.68. The van der Waals surface area contributed by atoms with Gasteiger partial charge in [0, 0.05) is 6.04 Å². The normalized spacial score (nSPS) is 35.4. The first-order chi connectivity index (χ1) is 7.96. The molecule has 1 aliphatic rings. The Morgan fingerprint density at radius 1 is 1.47 bits per heavy atom. The Morgan fingerprint density at radius 2 is 2.12 bits per heavy atom. The second-order valence-electron chi connectivity index (χ2n) is 5.79. The largest absolute Gasteiger partial charge is 0.469 e. The molecular weight excluding hydrogens is 214 g/mol. The summed E-state index contributed by atoms with van der Waals surface area (Å²) in [4.78, 5) is 11.7. The number of hydrogen-bond acceptors (Lipinski definition) is 3. The van der Waals surface area contributed by atoms with Crippen LogP contribution in [0.25, 0.3) is 0 Å². The van der Waals surface area contributed by atoms with Crippen LogP contribution in [-0.4, -0.2) is 19.1 Å². The molecule has 0 aliphatic heterocycles. The number of carbonyl (C=O) groups is 1. The van der Waals surface area contributed by atoms with Gasteiger partial charge in [-0.15, -0.1) is 0 Å². The third kappa shape index (κ3) is 3.01. The number of nitrogens with two attached hydrogens (primary N) is 1. The number of hydrogen-bond donors (Lipinski definition) is 1. The first-order valence-electron chi connectivity index (χ1n) is 6.78. The standard InChI is InChI=1S/C14H27NO2/c1-5-12(15)14(9-13(16)17-4)8-10(2)6-7-11(14)3/h10-12H,5-9,15H2,1-4H3. The van der Waals surface area contributed by atoms with E-state index in [9.17, 15) is 4.79 Å². The smallest absolute Gasteiger partial charge is 0.306 e. The molecule has 1 fully saturated rings. The summed E-state index contributed by atoms with van der Waals surface area (Å²) < 4.78 is 4.86. The fraction of sp³-hybridized carbons (Fsp3) is 0.929. The van der Waals surface area contributed by atoms with E-state index in [1.165, 1.54) is 20.0 Å². The van der Waals surface area contributed by atoms with Crippen molar-refractivity contribution in [1.82, 2.24) is 0 Å². The average Bonchev–Trinajstić information content (AvgIpc) is 2.32. The molecule has 4 atom stereocenters. The van der Waals surface area contributed by atoms with E-state index < -0.39 is 0 Å². The molecule has 1 saturated carbocycles. The molecule has 0 aromatic carbocycles. The molecule has 0 spiro atoms. The highest BCUT2D eigenvalue weighted by molar-refractivity contribution is 5.70. The van der Waals surface area contributed by atoms with Crippen LogP contribution in [0.3, 0.4) is 0 Å². The van der Waals surface area contributed by atoms with Crippen molar-refractivity contribution in [2.24, 2.45) is 23.0 Å². The highest BCUT2D eigenvalue weighted by Gasteiger charge is 2.46. The Morgan fingerprint density at radius 3 is 2.65 bits per heavy atom. The van der Waals surface area contributed by atoms with E-state index in [1.54, 1.807) is 0 Å². The van der Waals surface area contributed by atoms with Gasteiger partial charge in [0.2, 0.25) is 0 Å². The first kappa shape index (κ1) is 14.5. The second kappa shape index (κ2) is 5.85. The molecule has 4 unspecified atom stereocenters. The van der Waals surface area contributed by atoms with Crippen molar-refractivity contribution >= 4 is 5.97 Å². The fourth-order valence-electron chi connectivity index (χ4n) is 3.42. The highest BCUT2D eigenvalue weighted by Crippen LogP contribution is 2.48. The monoisotopic (exact) mass is 241 g/mol. The number of ether oxygens (including phenoxy) is 1. The molecule has 100 valence electrons. The molecule has 2 N–H and O–H groups in total. The Kier molecular flexibility index (Phi) is 4.99. The number of carbonyl (C=O) groups excluding carboxylic acids is 1. The SMILES string of the molecule is CCC(N)C1(CC(=O)OC)CC(C)CCC1C. The second-order valence-corrected chi connectivity index (χ2v) is 5.79. The highest BCUT2D eigenvalue weighted by atomic mass is 16.5. The van der Waals surface area contributed by atoms with Gasteiger partial charge in [0.25, 0.3) is 0 Å². The quantitative estimate of drug-likeness (QED) is 0.770. The summed E-state index contributed by atoms with van der Waals surface area (Å²) in [6, 6.07) is 0.0966. The maximum Gasteiger partial charge on any atom is 0.306 e. The molecule has 0 amide bonds. The van der Waals surface area contributed by atoms with Crippen LogP contribution in [0, 0.1) is 17.3 Å². The van der Waals surface area contributed by atoms with Crippen LogP contribution in [-0.2, 0) is 9.53 Å². The summed E-state index contributed by atoms with van der Waals surface area (Å²) in [6.07, 6.45) is 4.88. The fourth-order valence-corrected chi connectivity index (χ4v) is 3.42. The number of rotatable bonds is 4. The van der Waals surface area contributed by atoms with E-state index in [4.69, 9.17) is 10.5 Å². The lowest BCUT2D eigenvalue weighted by Crippen LogP contribution is -2.50. The van der Waals surface area contributed by atoms with Gasteiger partial charge in [-0.3, -0.25) is 4.79 Å². The van der Waals surface area contributed by atoms with Gasteiger partial charge in [-0.05, 0) is 36.5 Å². The van der Waals surface area contributed by atoms with Crippen LogP contribution < -0.4 is 5.73 Å². The topological polar surface area (TPSA) is 52.3 Å². The van der Waals surface area contributed by atoms with Crippen molar-refractivity contribution in [1.29, 1.82) is 0 Å². The van der Waals surface area contributed by atoms with Crippen molar-refractivity contribution in [3.63, 3.8) is 0 Å². The lowest BCUT2D eigenvalue weighted by atomic mass is 9.58. The molecule has 0 radical (unpaired) electrons. The molecular formula is C14H27NO2. The van der Waals surface area contributed by atoms with Crippen molar-refractivity contribution in [2.45, 2.75) is 58.9 Å². The zero-order chi connectivity index (χ0) is 13.1. The summed E-state index contributed by atoms with van der Waals surface area (Å²) in [5, 5.41) is 0. The Balaban J connectivity index is 2.94. The predicted molar refractivity (Wildman–Crippen MR) is 69.5 cm³/mol. The summed E-state index contributed by atoms with van der Waals surface area (Å²) in [7, 11) is 1.46. The minimum Gasteiger partial charge on any atom is -0.469 e. The van der Waals surface area contributed by atoms with Crippen molar-refractivity contribution in [2.75, 3.05) is 7.11 Å². The molecule has 1 aliphatic carbocycles. The van der Waals surface area contributed by atoms with Crippen LogP contribution >= 0.6 is 0 Å². The van der Waals surface area contributed by atoms with E-state index >= 15 is 0 Å². The van der Waals surface area contributed by atoms with Gasteiger partial charge in [0.15, 0.2) is 0 Å². The van der Waals surface area contributed by atoms with E-state index in [0.29, 0.717) is 18.3 Å². The van der Waals surface area contributed by atoms with E-state index in [0.717, 1.165) is 12.8 Å². The molecule has 0 aromatic heterocycles. The van der Waals surface area contributed by atoms with Gasteiger partial charge in [-0.2, -0.15) is 0 Å². The summed E-state index contributed by atoms with van der Waals surface area (Å²) >= 11 is 0. The maximum atomic E-state index is 11.7. The molecule has 1 rings (SSSR count). The Bertz CT molecular complexity index is 261. The van der Waals surface area contributed by atoms with Crippen molar-refractivity contribution in [3.8, 4) is 0 Å². The average molecular weight is 241 g/mol. The van der Waals surface area contributed by atoms with Crippen LogP contribution in [0.2, 0.25) is 0 Å². The molecule has 0 aromatic rings. The van der Waals surface area contributed by atoms with E-state index in [2.05, 4.69) is 20.8 Å². The summed E-state index contributed by atoms with van der Waals surface area (Å²) in [5.41, 5.74) is 6.27. The molecule has 0 bridgehead atoms. The van der Waals surface area contributed by atoms with Gasteiger partial charge in [-0.25, -0.2) is 0 Å². The van der Waals surface area contributed by atoms with Crippen LogP contribution in [0.15, 0.2) is 0 Å². The molecule has 0 heterocycles. The van der Waals surface area contributed by atoms with Gasteiger partial charge in [-0.1, -0.05) is 27.2 Å². The van der Waals surface area contributed by atoms with Crippen LogP contribution in [0.4, 0.5) is 0 Å². The lowest BCUT2D eigenvalue weighted by molar-refractivity contribution is -0.146. The first-order valence-corrected chi connectivity index (χ1v) is 6.78. The van der Waals surface area contributed by atoms with Gasteiger partial charge >= 0.3 is 5.97 Å². The Labute approximate surface area is 105 Å². The lowest BCUT2D eigenvalue weighted by Gasteiger charge is -2.48. The van der Waals surface area contributed by atoms with Crippen molar-refractivity contribution < 1.29 is 9.53 Å². The van der Waals surface area contributed by atoms with Crippen LogP contribution in [0.5, 0.6) is 0 Å². The minimum absolute atomic E-state index is 0.0560.